The molecule has 0 nitrogen and oxygen atoms in total. The first kappa shape index (κ1) is 14.3. The van der Waals surface area contributed by atoms with Crippen molar-refractivity contribution < 1.29 is 4.39 Å². The van der Waals surface area contributed by atoms with Gasteiger partial charge in [-0.25, -0.2) is 4.39 Å². The molecule has 0 N–H and O–H groups in total. The molecule has 0 saturated carbocycles. The third-order valence-electron chi connectivity index (χ3n) is 3.48. The van der Waals surface area contributed by atoms with E-state index in [2.05, 4.69) is 48.0 Å². The van der Waals surface area contributed by atoms with E-state index in [1.807, 2.05) is 6.07 Å². The van der Waals surface area contributed by atoms with Crippen molar-refractivity contribution in [2.45, 2.75) is 26.2 Å². The zero-order chi connectivity index (χ0) is 13.8. The fourth-order valence-corrected chi connectivity index (χ4v) is 2.91. The summed E-state index contributed by atoms with van der Waals surface area (Å²) in [6, 6.07) is 13.4. The van der Waals surface area contributed by atoms with Crippen LogP contribution >= 0.6 is 15.9 Å². The molecule has 19 heavy (non-hydrogen) atoms. The molecule has 2 aromatic carbocycles. The molecule has 0 radical (unpaired) electrons. The van der Waals surface area contributed by atoms with Crippen molar-refractivity contribution in [2.75, 3.05) is 5.33 Å². The first-order valence-electron chi connectivity index (χ1n) is 6.47. The van der Waals surface area contributed by atoms with Gasteiger partial charge in [0.1, 0.15) is 5.82 Å². The second kappa shape index (κ2) is 6.33. The molecule has 0 aromatic heterocycles. The fourth-order valence-electron chi connectivity index (χ4n) is 2.31. The predicted molar refractivity (Wildman–Crippen MR) is 82.6 cm³/mol. The van der Waals surface area contributed by atoms with E-state index in [4.69, 9.17) is 0 Å². The van der Waals surface area contributed by atoms with Crippen molar-refractivity contribution in [1.82, 2.24) is 0 Å². The number of benzene rings is 2. The zero-order valence-electron chi connectivity index (χ0n) is 11.3. The monoisotopic (exact) mass is 320 g/mol. The lowest BCUT2D eigenvalue weighted by Gasteiger charge is -2.17. The normalized spacial score (nSPS) is 12.4. The molecule has 2 heteroatoms. The summed E-state index contributed by atoms with van der Waals surface area (Å²) in [5.41, 5.74) is 4.97. The summed E-state index contributed by atoms with van der Waals surface area (Å²) in [6.45, 7) is 4.24. The molecule has 0 aliphatic heterocycles. The second-order valence-electron chi connectivity index (χ2n) is 5.04. The van der Waals surface area contributed by atoms with Crippen molar-refractivity contribution in [3.8, 4) is 0 Å². The van der Waals surface area contributed by atoms with E-state index >= 15 is 0 Å². The van der Waals surface area contributed by atoms with Gasteiger partial charge < -0.3 is 0 Å². The Hall–Kier alpha value is -1.15. The standard InChI is InChI=1S/C17H18BrF/c1-12-6-7-13(2)15(8-12)9-16(11-18)14-4-3-5-17(19)10-14/h3-8,10,16H,9,11H2,1-2H3. The maximum absolute atomic E-state index is 13.3. The molecule has 0 aliphatic rings. The molecule has 0 aliphatic carbocycles. The number of halogens is 2. The third kappa shape index (κ3) is 3.66. The lowest BCUT2D eigenvalue weighted by Crippen LogP contribution is -2.06. The fraction of sp³-hybridized carbons (Fsp3) is 0.294. The van der Waals surface area contributed by atoms with Crippen LogP contribution in [0.5, 0.6) is 0 Å². The van der Waals surface area contributed by atoms with E-state index in [1.54, 1.807) is 12.1 Å². The van der Waals surface area contributed by atoms with Crippen LogP contribution in [0.15, 0.2) is 42.5 Å². The topological polar surface area (TPSA) is 0 Å². The summed E-state index contributed by atoms with van der Waals surface area (Å²) in [7, 11) is 0. The SMILES string of the molecule is Cc1ccc(C)c(CC(CBr)c2cccc(F)c2)c1. The van der Waals surface area contributed by atoms with E-state index in [0.29, 0.717) is 5.92 Å². The highest BCUT2D eigenvalue weighted by Gasteiger charge is 2.13. The Labute approximate surface area is 122 Å². The zero-order valence-corrected chi connectivity index (χ0v) is 12.9. The van der Waals surface area contributed by atoms with Gasteiger partial charge in [-0.15, -0.1) is 0 Å². The molecule has 0 bridgehead atoms. The van der Waals surface area contributed by atoms with Crippen LogP contribution in [-0.4, -0.2) is 5.33 Å². The number of aryl methyl sites for hydroxylation is 2. The molecule has 0 fully saturated rings. The van der Waals surface area contributed by atoms with Crippen LogP contribution in [0.4, 0.5) is 4.39 Å². The van der Waals surface area contributed by atoms with E-state index in [9.17, 15) is 4.39 Å². The average Bonchev–Trinajstić information content (AvgIpc) is 2.39. The van der Waals surface area contributed by atoms with E-state index in [1.165, 1.54) is 22.8 Å². The average molecular weight is 321 g/mol. The Balaban J connectivity index is 2.26. The van der Waals surface area contributed by atoms with Gasteiger partial charge in [0.25, 0.3) is 0 Å². The Bertz CT molecular complexity index is 563. The smallest absolute Gasteiger partial charge is 0.123 e. The molecule has 100 valence electrons. The third-order valence-corrected chi connectivity index (χ3v) is 4.26. The van der Waals surface area contributed by atoms with Crippen LogP contribution in [0.2, 0.25) is 0 Å². The maximum Gasteiger partial charge on any atom is 0.123 e. The molecular weight excluding hydrogens is 303 g/mol. The van der Waals surface area contributed by atoms with Crippen LogP contribution in [0, 0.1) is 19.7 Å². The first-order valence-corrected chi connectivity index (χ1v) is 7.60. The summed E-state index contributed by atoms with van der Waals surface area (Å²) in [5, 5.41) is 0.837. The number of rotatable bonds is 4. The molecular formula is C17H18BrF. The number of hydrogen-bond acceptors (Lipinski definition) is 0. The van der Waals surface area contributed by atoms with Crippen molar-refractivity contribution in [3.63, 3.8) is 0 Å². The van der Waals surface area contributed by atoms with Gasteiger partial charge >= 0.3 is 0 Å². The molecule has 0 heterocycles. The Morgan fingerprint density at radius 1 is 1.11 bits per heavy atom. The Morgan fingerprint density at radius 2 is 1.89 bits per heavy atom. The van der Waals surface area contributed by atoms with Crippen LogP contribution in [-0.2, 0) is 6.42 Å². The summed E-state index contributed by atoms with van der Waals surface area (Å²) in [5.74, 6) is 0.139. The minimum Gasteiger partial charge on any atom is -0.207 e. The van der Waals surface area contributed by atoms with Gasteiger partial charge in [-0.3, -0.25) is 0 Å². The molecule has 1 atom stereocenters. The second-order valence-corrected chi connectivity index (χ2v) is 5.69. The largest absolute Gasteiger partial charge is 0.207 e. The van der Waals surface area contributed by atoms with Crippen LogP contribution < -0.4 is 0 Å². The van der Waals surface area contributed by atoms with Gasteiger partial charge in [0.2, 0.25) is 0 Å². The molecule has 2 aromatic rings. The quantitative estimate of drug-likeness (QED) is 0.682. The lowest BCUT2D eigenvalue weighted by atomic mass is 9.91. The van der Waals surface area contributed by atoms with Gasteiger partial charge in [0, 0.05) is 5.33 Å². The van der Waals surface area contributed by atoms with Crippen LogP contribution in [0.25, 0.3) is 0 Å². The maximum atomic E-state index is 13.3. The molecule has 2 rings (SSSR count). The van der Waals surface area contributed by atoms with Gasteiger partial charge in [0.15, 0.2) is 0 Å². The van der Waals surface area contributed by atoms with E-state index in [-0.39, 0.29) is 5.82 Å². The predicted octanol–water partition coefficient (Wildman–Crippen LogP) is 5.16. The summed E-state index contributed by atoms with van der Waals surface area (Å²) in [4.78, 5) is 0. The summed E-state index contributed by atoms with van der Waals surface area (Å²) < 4.78 is 13.3. The summed E-state index contributed by atoms with van der Waals surface area (Å²) in [6.07, 6.45) is 0.933. The molecule has 1 unspecified atom stereocenters. The molecule has 0 saturated heterocycles. The highest BCUT2D eigenvalue weighted by atomic mass is 79.9. The minimum atomic E-state index is -0.163. The van der Waals surface area contributed by atoms with Crippen molar-refractivity contribution in [3.05, 3.63) is 70.5 Å². The highest BCUT2D eigenvalue weighted by Crippen LogP contribution is 2.25. The first-order chi connectivity index (χ1) is 9.10. The van der Waals surface area contributed by atoms with E-state index in [0.717, 1.165) is 17.3 Å². The van der Waals surface area contributed by atoms with Gasteiger partial charge in [0.05, 0.1) is 0 Å². The molecule has 0 amide bonds. The Morgan fingerprint density at radius 3 is 2.58 bits per heavy atom. The van der Waals surface area contributed by atoms with Gasteiger partial charge in [-0.1, -0.05) is 51.8 Å². The van der Waals surface area contributed by atoms with Crippen LogP contribution in [0.3, 0.4) is 0 Å². The van der Waals surface area contributed by atoms with Crippen LogP contribution in [0.1, 0.15) is 28.2 Å². The van der Waals surface area contributed by atoms with E-state index < -0.39 is 0 Å². The number of alkyl halides is 1. The Kier molecular flexibility index (Phi) is 4.76. The summed E-state index contributed by atoms with van der Waals surface area (Å²) >= 11 is 3.56. The van der Waals surface area contributed by atoms with Gasteiger partial charge in [-0.2, -0.15) is 0 Å². The lowest BCUT2D eigenvalue weighted by molar-refractivity contribution is 0.621. The molecule has 0 spiro atoms. The van der Waals surface area contributed by atoms with Crippen molar-refractivity contribution in [2.24, 2.45) is 0 Å². The van der Waals surface area contributed by atoms with Gasteiger partial charge in [-0.05, 0) is 55.0 Å². The number of hydrogen-bond donors (Lipinski definition) is 0. The van der Waals surface area contributed by atoms with Crippen molar-refractivity contribution in [1.29, 1.82) is 0 Å². The van der Waals surface area contributed by atoms with Crippen molar-refractivity contribution >= 4 is 15.9 Å². The minimum absolute atomic E-state index is 0.163. The highest BCUT2D eigenvalue weighted by molar-refractivity contribution is 9.09.